The zero-order chi connectivity index (χ0) is 15.1. The average Bonchev–Trinajstić information content (AvgIpc) is 2.42. The maximum atomic E-state index is 12.0. The molecule has 1 atom stereocenters. The first-order chi connectivity index (χ1) is 9.40. The van der Waals surface area contributed by atoms with Gasteiger partial charge in [-0.05, 0) is 30.0 Å². The largest absolute Gasteiger partial charge is 0.482 e. The molecule has 0 fully saturated rings. The van der Waals surface area contributed by atoms with Crippen LogP contribution in [0.25, 0.3) is 0 Å². The molecule has 0 aromatic heterocycles. The molecule has 5 nitrogen and oxygen atoms in total. The van der Waals surface area contributed by atoms with Crippen LogP contribution < -0.4 is 10.1 Å². The van der Waals surface area contributed by atoms with Gasteiger partial charge in [-0.2, -0.15) is 0 Å². The normalized spacial score (nSPS) is 12.0. The molecule has 0 spiro atoms. The van der Waals surface area contributed by atoms with E-state index in [4.69, 9.17) is 9.84 Å². The van der Waals surface area contributed by atoms with E-state index < -0.39 is 12.6 Å². The lowest BCUT2D eigenvalue weighted by Crippen LogP contribution is -2.30. The van der Waals surface area contributed by atoms with Gasteiger partial charge in [-0.1, -0.05) is 26.8 Å². The third-order valence-electron chi connectivity index (χ3n) is 3.18. The number of rotatable bonds is 7. The van der Waals surface area contributed by atoms with Gasteiger partial charge in [0.25, 0.3) is 5.91 Å². The van der Waals surface area contributed by atoms with Crippen LogP contribution in [0.15, 0.2) is 24.3 Å². The molecule has 0 bridgehead atoms. The van der Waals surface area contributed by atoms with E-state index in [-0.39, 0.29) is 5.91 Å². The summed E-state index contributed by atoms with van der Waals surface area (Å²) in [6.45, 7) is 6.48. The molecule has 0 aliphatic heterocycles. The van der Waals surface area contributed by atoms with E-state index in [0.717, 1.165) is 0 Å². The smallest absolute Gasteiger partial charge is 0.341 e. The van der Waals surface area contributed by atoms with Gasteiger partial charge >= 0.3 is 5.97 Å². The number of benzene rings is 1. The molecule has 0 saturated carbocycles. The molecule has 1 rings (SSSR count). The number of carbonyl (C=O) groups is 2. The summed E-state index contributed by atoms with van der Waals surface area (Å²) in [5, 5.41) is 11.4. The fourth-order valence-electron chi connectivity index (χ4n) is 1.46. The van der Waals surface area contributed by atoms with E-state index in [1.807, 2.05) is 0 Å². The molecule has 1 aromatic rings. The number of carboxylic acids is 1. The molecule has 110 valence electrons. The van der Waals surface area contributed by atoms with Crippen molar-refractivity contribution in [3.05, 3.63) is 29.8 Å². The highest BCUT2D eigenvalue weighted by Gasteiger charge is 2.11. The fraction of sp³-hybridized carbons (Fsp3) is 0.467. The highest BCUT2D eigenvalue weighted by atomic mass is 16.5. The fourth-order valence-corrected chi connectivity index (χ4v) is 1.46. The van der Waals surface area contributed by atoms with Crippen LogP contribution in [0.5, 0.6) is 5.75 Å². The van der Waals surface area contributed by atoms with Gasteiger partial charge in [-0.15, -0.1) is 0 Å². The van der Waals surface area contributed by atoms with Gasteiger partial charge in [0.15, 0.2) is 6.61 Å². The zero-order valence-electron chi connectivity index (χ0n) is 12.1. The highest BCUT2D eigenvalue weighted by Crippen LogP contribution is 2.14. The molecular weight excluding hydrogens is 258 g/mol. The molecule has 2 N–H and O–H groups in total. The summed E-state index contributed by atoms with van der Waals surface area (Å²) in [4.78, 5) is 22.4. The standard InChI is InChI=1S/C15H21NO4/c1-10(2)11(3)8-16-15(19)12-5-4-6-13(7-12)20-9-14(17)18/h4-7,10-11H,8-9H2,1-3H3,(H,16,19)(H,17,18). The van der Waals surface area contributed by atoms with Crippen molar-refractivity contribution < 1.29 is 19.4 Å². The lowest BCUT2D eigenvalue weighted by Gasteiger charge is -2.16. The number of ether oxygens (including phenoxy) is 1. The topological polar surface area (TPSA) is 75.6 Å². The molecule has 1 aromatic carbocycles. The van der Waals surface area contributed by atoms with Crippen LogP contribution in [0.1, 0.15) is 31.1 Å². The van der Waals surface area contributed by atoms with Crippen molar-refractivity contribution in [1.82, 2.24) is 5.32 Å². The van der Waals surface area contributed by atoms with Crippen molar-refractivity contribution >= 4 is 11.9 Å². The second-order valence-corrected chi connectivity index (χ2v) is 5.14. The molecule has 0 saturated heterocycles. The average molecular weight is 279 g/mol. The first-order valence-corrected chi connectivity index (χ1v) is 6.63. The van der Waals surface area contributed by atoms with E-state index >= 15 is 0 Å². The Morgan fingerprint density at radius 3 is 2.60 bits per heavy atom. The maximum absolute atomic E-state index is 12.0. The monoisotopic (exact) mass is 279 g/mol. The second kappa shape index (κ2) is 7.53. The molecular formula is C15H21NO4. The summed E-state index contributed by atoms with van der Waals surface area (Å²) >= 11 is 0. The zero-order valence-corrected chi connectivity index (χ0v) is 12.1. The van der Waals surface area contributed by atoms with Crippen LogP contribution >= 0.6 is 0 Å². The summed E-state index contributed by atoms with van der Waals surface area (Å²) < 4.78 is 5.04. The minimum Gasteiger partial charge on any atom is -0.482 e. The molecule has 0 aliphatic rings. The van der Waals surface area contributed by atoms with Crippen LogP contribution in [-0.4, -0.2) is 30.1 Å². The van der Waals surface area contributed by atoms with Crippen LogP contribution in [-0.2, 0) is 4.79 Å². The molecule has 20 heavy (non-hydrogen) atoms. The van der Waals surface area contributed by atoms with E-state index in [0.29, 0.717) is 29.7 Å². The first kappa shape index (κ1) is 16.0. The van der Waals surface area contributed by atoms with Gasteiger partial charge in [0.05, 0.1) is 0 Å². The van der Waals surface area contributed by atoms with Crippen molar-refractivity contribution in [3.8, 4) is 5.75 Å². The van der Waals surface area contributed by atoms with E-state index in [1.54, 1.807) is 18.2 Å². The van der Waals surface area contributed by atoms with Gasteiger partial charge in [0, 0.05) is 12.1 Å². The van der Waals surface area contributed by atoms with Crippen LogP contribution in [0, 0.1) is 11.8 Å². The Balaban J connectivity index is 2.59. The Morgan fingerprint density at radius 2 is 2.00 bits per heavy atom. The summed E-state index contributed by atoms with van der Waals surface area (Å²) in [6.07, 6.45) is 0. The van der Waals surface area contributed by atoms with Crippen molar-refractivity contribution in [1.29, 1.82) is 0 Å². The number of nitrogens with one attached hydrogen (secondary N) is 1. The SMILES string of the molecule is CC(C)C(C)CNC(=O)c1cccc(OCC(=O)O)c1. The van der Waals surface area contributed by atoms with Gasteiger partial charge in [0.2, 0.25) is 0 Å². The Kier molecular flexibility index (Phi) is 6.03. The van der Waals surface area contributed by atoms with Crippen LogP contribution in [0.4, 0.5) is 0 Å². The molecule has 1 unspecified atom stereocenters. The van der Waals surface area contributed by atoms with Gasteiger partial charge < -0.3 is 15.2 Å². The van der Waals surface area contributed by atoms with E-state index in [2.05, 4.69) is 26.1 Å². The summed E-state index contributed by atoms with van der Waals surface area (Å²) in [6, 6.07) is 6.50. The van der Waals surface area contributed by atoms with Crippen molar-refractivity contribution in [2.75, 3.05) is 13.2 Å². The third-order valence-corrected chi connectivity index (χ3v) is 3.18. The number of aliphatic carboxylic acids is 1. The van der Waals surface area contributed by atoms with E-state index in [9.17, 15) is 9.59 Å². The summed E-state index contributed by atoms with van der Waals surface area (Å²) in [5.74, 6) is 0.0340. The molecule has 1 amide bonds. The predicted octanol–water partition coefficient (Wildman–Crippen LogP) is 2.17. The molecule has 0 radical (unpaired) electrons. The number of carbonyl (C=O) groups excluding carboxylic acids is 1. The number of hydrogen-bond donors (Lipinski definition) is 2. The van der Waals surface area contributed by atoms with Crippen LogP contribution in [0.3, 0.4) is 0 Å². The minimum absolute atomic E-state index is 0.182. The number of carboxylic acid groups (broad SMARTS) is 1. The Bertz CT molecular complexity index is 471. The first-order valence-electron chi connectivity index (χ1n) is 6.63. The summed E-state index contributed by atoms with van der Waals surface area (Å²) in [5.41, 5.74) is 0.462. The lowest BCUT2D eigenvalue weighted by atomic mass is 9.98. The Morgan fingerprint density at radius 1 is 1.30 bits per heavy atom. The summed E-state index contributed by atoms with van der Waals surface area (Å²) in [7, 11) is 0. The lowest BCUT2D eigenvalue weighted by molar-refractivity contribution is -0.139. The molecule has 0 aliphatic carbocycles. The van der Waals surface area contributed by atoms with Gasteiger partial charge in [0.1, 0.15) is 5.75 Å². The van der Waals surface area contributed by atoms with Crippen molar-refractivity contribution in [2.45, 2.75) is 20.8 Å². The van der Waals surface area contributed by atoms with Crippen molar-refractivity contribution in [2.24, 2.45) is 11.8 Å². The second-order valence-electron chi connectivity index (χ2n) is 5.14. The quantitative estimate of drug-likeness (QED) is 0.802. The number of hydrogen-bond acceptors (Lipinski definition) is 3. The Hall–Kier alpha value is -2.04. The van der Waals surface area contributed by atoms with Gasteiger partial charge in [-0.25, -0.2) is 4.79 Å². The van der Waals surface area contributed by atoms with Crippen molar-refractivity contribution in [3.63, 3.8) is 0 Å². The van der Waals surface area contributed by atoms with Gasteiger partial charge in [-0.3, -0.25) is 4.79 Å². The molecule has 5 heteroatoms. The predicted molar refractivity (Wildman–Crippen MR) is 75.9 cm³/mol. The number of amides is 1. The Labute approximate surface area is 118 Å². The van der Waals surface area contributed by atoms with E-state index in [1.165, 1.54) is 6.07 Å². The third kappa shape index (κ3) is 5.30. The minimum atomic E-state index is -1.05. The highest BCUT2D eigenvalue weighted by molar-refractivity contribution is 5.94. The molecule has 0 heterocycles. The maximum Gasteiger partial charge on any atom is 0.341 e. The van der Waals surface area contributed by atoms with Crippen LogP contribution in [0.2, 0.25) is 0 Å².